The molecule has 0 aliphatic carbocycles. The highest BCUT2D eigenvalue weighted by Crippen LogP contribution is 2.25. The SMILES string of the molecule is CC(NS(=O)(=O)c1cc(C(=O)O)ccc1Cl)C(C)(C)C. The van der Waals surface area contributed by atoms with E-state index in [1.807, 2.05) is 20.8 Å². The number of hydrogen-bond acceptors (Lipinski definition) is 3. The van der Waals surface area contributed by atoms with Gasteiger partial charge in [-0.1, -0.05) is 32.4 Å². The van der Waals surface area contributed by atoms with E-state index in [1.165, 1.54) is 12.1 Å². The van der Waals surface area contributed by atoms with Gasteiger partial charge in [0.05, 0.1) is 10.6 Å². The molecular formula is C13H18ClNO4S. The zero-order valence-electron chi connectivity index (χ0n) is 11.8. The van der Waals surface area contributed by atoms with Crippen molar-refractivity contribution in [2.45, 2.75) is 38.6 Å². The van der Waals surface area contributed by atoms with E-state index in [0.29, 0.717) is 0 Å². The lowest BCUT2D eigenvalue weighted by Gasteiger charge is -2.28. The van der Waals surface area contributed by atoms with Crippen molar-refractivity contribution in [3.05, 3.63) is 28.8 Å². The maximum absolute atomic E-state index is 12.3. The van der Waals surface area contributed by atoms with Gasteiger partial charge in [0.25, 0.3) is 0 Å². The lowest BCUT2D eigenvalue weighted by Crippen LogP contribution is -2.41. The molecule has 1 aromatic carbocycles. The van der Waals surface area contributed by atoms with Crippen LogP contribution in [0, 0.1) is 5.41 Å². The van der Waals surface area contributed by atoms with Crippen LogP contribution in [0.2, 0.25) is 5.02 Å². The van der Waals surface area contributed by atoms with Gasteiger partial charge in [0.15, 0.2) is 0 Å². The van der Waals surface area contributed by atoms with E-state index in [0.717, 1.165) is 6.07 Å². The Balaban J connectivity index is 3.22. The van der Waals surface area contributed by atoms with Crippen molar-refractivity contribution in [1.82, 2.24) is 4.72 Å². The second-order valence-electron chi connectivity index (χ2n) is 5.66. The molecule has 0 radical (unpaired) electrons. The van der Waals surface area contributed by atoms with Gasteiger partial charge in [-0.2, -0.15) is 0 Å². The molecule has 0 saturated heterocycles. The average Bonchev–Trinajstić information content (AvgIpc) is 2.26. The molecule has 0 bridgehead atoms. The number of aromatic carboxylic acids is 1. The summed E-state index contributed by atoms with van der Waals surface area (Å²) < 4.78 is 27.1. The highest BCUT2D eigenvalue weighted by molar-refractivity contribution is 7.89. The summed E-state index contributed by atoms with van der Waals surface area (Å²) >= 11 is 5.87. The summed E-state index contributed by atoms with van der Waals surface area (Å²) in [4.78, 5) is 10.7. The van der Waals surface area contributed by atoms with Crippen LogP contribution in [0.15, 0.2) is 23.1 Å². The van der Waals surface area contributed by atoms with Crippen molar-refractivity contribution in [2.75, 3.05) is 0 Å². The molecule has 1 unspecified atom stereocenters. The molecule has 7 heteroatoms. The van der Waals surface area contributed by atoms with Gasteiger partial charge in [-0.3, -0.25) is 0 Å². The maximum Gasteiger partial charge on any atom is 0.335 e. The summed E-state index contributed by atoms with van der Waals surface area (Å²) in [6.07, 6.45) is 0. The minimum Gasteiger partial charge on any atom is -0.478 e. The van der Waals surface area contributed by atoms with Crippen molar-refractivity contribution in [3.8, 4) is 0 Å². The predicted octanol–water partition coefficient (Wildman–Crippen LogP) is 2.75. The van der Waals surface area contributed by atoms with Gasteiger partial charge in [-0.15, -0.1) is 0 Å². The average molecular weight is 320 g/mol. The first kappa shape index (κ1) is 16.9. The first-order chi connectivity index (χ1) is 8.95. The quantitative estimate of drug-likeness (QED) is 0.893. The molecule has 0 saturated carbocycles. The van der Waals surface area contributed by atoms with Crippen LogP contribution >= 0.6 is 11.6 Å². The third-order valence-corrected chi connectivity index (χ3v) is 5.12. The predicted molar refractivity (Wildman–Crippen MR) is 77.6 cm³/mol. The van der Waals surface area contributed by atoms with Crippen LogP contribution in [-0.4, -0.2) is 25.5 Å². The number of carbonyl (C=O) groups is 1. The molecule has 2 N–H and O–H groups in total. The number of nitrogens with one attached hydrogen (secondary N) is 1. The Kier molecular flexibility index (Phi) is 4.84. The van der Waals surface area contributed by atoms with Crippen LogP contribution in [0.1, 0.15) is 38.1 Å². The third kappa shape index (κ3) is 3.94. The lowest BCUT2D eigenvalue weighted by atomic mass is 9.89. The molecule has 112 valence electrons. The number of carboxylic acid groups (broad SMARTS) is 1. The molecular weight excluding hydrogens is 302 g/mol. The number of sulfonamides is 1. The Morgan fingerprint density at radius 3 is 2.35 bits per heavy atom. The van der Waals surface area contributed by atoms with Gasteiger partial charge in [-0.05, 0) is 30.5 Å². The van der Waals surface area contributed by atoms with Crippen LogP contribution in [0.3, 0.4) is 0 Å². The molecule has 0 aliphatic heterocycles. The fraction of sp³-hybridized carbons (Fsp3) is 0.462. The minimum atomic E-state index is -3.87. The van der Waals surface area contributed by atoms with Crippen molar-refractivity contribution in [2.24, 2.45) is 5.41 Å². The van der Waals surface area contributed by atoms with E-state index in [-0.39, 0.29) is 26.9 Å². The fourth-order valence-corrected chi connectivity index (χ4v) is 3.29. The third-order valence-electron chi connectivity index (χ3n) is 3.10. The topological polar surface area (TPSA) is 83.5 Å². The summed E-state index contributed by atoms with van der Waals surface area (Å²) in [5, 5.41) is 8.91. The minimum absolute atomic E-state index is 0.0105. The van der Waals surface area contributed by atoms with Gasteiger partial charge in [0, 0.05) is 6.04 Å². The van der Waals surface area contributed by atoms with E-state index in [4.69, 9.17) is 16.7 Å². The van der Waals surface area contributed by atoms with Gasteiger partial charge in [-0.25, -0.2) is 17.9 Å². The van der Waals surface area contributed by atoms with Gasteiger partial charge < -0.3 is 5.11 Å². The van der Waals surface area contributed by atoms with Crippen LogP contribution in [0.4, 0.5) is 0 Å². The smallest absolute Gasteiger partial charge is 0.335 e. The van der Waals surface area contributed by atoms with E-state index in [2.05, 4.69) is 4.72 Å². The molecule has 0 aromatic heterocycles. The molecule has 0 heterocycles. The summed E-state index contributed by atoms with van der Waals surface area (Å²) in [6.45, 7) is 7.44. The highest BCUT2D eigenvalue weighted by Gasteiger charge is 2.27. The van der Waals surface area contributed by atoms with Gasteiger partial charge in [0.2, 0.25) is 10.0 Å². The van der Waals surface area contributed by atoms with Crippen molar-refractivity contribution in [1.29, 1.82) is 0 Å². The second kappa shape index (κ2) is 5.71. The Morgan fingerprint density at radius 1 is 1.35 bits per heavy atom. The summed E-state index contributed by atoms with van der Waals surface area (Å²) in [6, 6.07) is 3.25. The number of halogens is 1. The number of benzene rings is 1. The van der Waals surface area contributed by atoms with Crippen LogP contribution in [0.25, 0.3) is 0 Å². The Bertz CT molecular complexity index is 620. The van der Waals surface area contributed by atoms with Crippen molar-refractivity contribution >= 4 is 27.6 Å². The van der Waals surface area contributed by atoms with E-state index in [9.17, 15) is 13.2 Å². The first-order valence-corrected chi connectivity index (χ1v) is 7.86. The standard InChI is InChI=1S/C13H18ClNO4S/c1-8(13(2,3)4)15-20(18,19)11-7-9(12(16)17)5-6-10(11)14/h5-8,15H,1-4H3,(H,16,17). The van der Waals surface area contributed by atoms with Crippen molar-refractivity contribution < 1.29 is 18.3 Å². The molecule has 0 spiro atoms. The Labute approximate surface area is 124 Å². The largest absolute Gasteiger partial charge is 0.478 e. The molecule has 0 aliphatic rings. The summed E-state index contributed by atoms with van der Waals surface area (Å²) in [5.74, 6) is -1.21. The summed E-state index contributed by atoms with van der Waals surface area (Å²) in [5.41, 5.74) is -0.401. The van der Waals surface area contributed by atoms with E-state index in [1.54, 1.807) is 6.92 Å². The molecule has 1 atom stereocenters. The van der Waals surface area contributed by atoms with E-state index < -0.39 is 16.0 Å². The molecule has 1 aromatic rings. The zero-order valence-corrected chi connectivity index (χ0v) is 13.3. The molecule has 5 nitrogen and oxygen atoms in total. The second-order valence-corrected chi connectivity index (χ2v) is 7.75. The lowest BCUT2D eigenvalue weighted by molar-refractivity contribution is 0.0696. The number of carboxylic acids is 1. The van der Waals surface area contributed by atoms with E-state index >= 15 is 0 Å². The molecule has 1 rings (SSSR count). The Morgan fingerprint density at radius 2 is 1.90 bits per heavy atom. The van der Waals surface area contributed by atoms with Crippen LogP contribution < -0.4 is 4.72 Å². The number of hydrogen-bond donors (Lipinski definition) is 2. The van der Waals surface area contributed by atoms with Crippen LogP contribution in [-0.2, 0) is 10.0 Å². The van der Waals surface area contributed by atoms with Gasteiger partial charge >= 0.3 is 5.97 Å². The molecule has 20 heavy (non-hydrogen) atoms. The van der Waals surface area contributed by atoms with Crippen molar-refractivity contribution in [3.63, 3.8) is 0 Å². The number of rotatable bonds is 4. The highest BCUT2D eigenvalue weighted by atomic mass is 35.5. The summed E-state index contributed by atoms with van der Waals surface area (Å²) in [7, 11) is -3.87. The zero-order chi connectivity index (χ0) is 15.7. The van der Waals surface area contributed by atoms with Crippen LogP contribution in [0.5, 0.6) is 0 Å². The van der Waals surface area contributed by atoms with Gasteiger partial charge in [0.1, 0.15) is 4.90 Å². The molecule has 0 amide bonds. The fourth-order valence-electron chi connectivity index (χ4n) is 1.32. The maximum atomic E-state index is 12.3. The Hall–Kier alpha value is -1.11. The molecule has 0 fully saturated rings. The monoisotopic (exact) mass is 319 g/mol. The first-order valence-electron chi connectivity index (χ1n) is 6.00. The normalized spacial score (nSPS) is 14.1.